The fraction of sp³-hybridized carbons (Fsp3) is 0.900. The first-order valence-corrected chi connectivity index (χ1v) is 10.9. The van der Waals surface area contributed by atoms with Crippen molar-refractivity contribution in [2.75, 3.05) is 65.7 Å². The first kappa shape index (κ1) is 35.2. The van der Waals surface area contributed by atoms with Gasteiger partial charge < -0.3 is 40.9 Å². The summed E-state index contributed by atoms with van der Waals surface area (Å²) in [6, 6.07) is 0. The number of aliphatic carboxylic acids is 2. The molecule has 0 bridgehead atoms. The summed E-state index contributed by atoms with van der Waals surface area (Å²) in [6.07, 6.45) is 0.0655. The highest BCUT2D eigenvalue weighted by Crippen LogP contribution is 1.94. The van der Waals surface area contributed by atoms with Gasteiger partial charge in [-0.2, -0.15) is 0 Å². The van der Waals surface area contributed by atoms with Gasteiger partial charge in [0.1, 0.15) is 0 Å². The van der Waals surface area contributed by atoms with E-state index in [0.29, 0.717) is 26.2 Å². The van der Waals surface area contributed by atoms with E-state index in [2.05, 4.69) is 23.6 Å². The molecule has 2 atom stereocenters. The fourth-order valence-electron chi connectivity index (χ4n) is 2.27. The molecule has 0 spiro atoms. The van der Waals surface area contributed by atoms with Crippen LogP contribution in [-0.4, -0.2) is 140 Å². The second-order valence-corrected chi connectivity index (χ2v) is 6.85. The Hall–Kier alpha value is -1.38. The number of rotatable bonds is 17. The average Bonchev–Trinajstić information content (AvgIpc) is 2.76. The summed E-state index contributed by atoms with van der Waals surface area (Å²) < 4.78 is 0. The first-order chi connectivity index (χ1) is 15.2. The number of hydrogen-bond acceptors (Lipinski definition) is 10. The Bertz CT molecular complexity index is 379. The molecule has 0 heterocycles. The zero-order valence-electron chi connectivity index (χ0n) is 19.3. The first-order valence-electron chi connectivity index (χ1n) is 10.9. The number of aliphatic hydroxyl groups is 6. The lowest BCUT2D eigenvalue weighted by atomic mass is 10.2. The Morgan fingerprint density at radius 1 is 0.594 bits per heavy atom. The van der Waals surface area contributed by atoms with Crippen molar-refractivity contribution in [3.05, 3.63) is 0 Å². The van der Waals surface area contributed by atoms with Crippen LogP contribution >= 0.6 is 0 Å². The maximum atomic E-state index is 9.77. The van der Waals surface area contributed by atoms with Crippen molar-refractivity contribution in [2.45, 2.75) is 51.7 Å². The average molecular weight is 473 g/mol. The van der Waals surface area contributed by atoms with Gasteiger partial charge in [0.05, 0.1) is 26.4 Å². The van der Waals surface area contributed by atoms with Crippen molar-refractivity contribution in [1.29, 1.82) is 0 Å². The van der Waals surface area contributed by atoms with Crippen LogP contribution in [0.5, 0.6) is 0 Å². The van der Waals surface area contributed by atoms with Gasteiger partial charge in [0.2, 0.25) is 0 Å². The highest BCUT2D eigenvalue weighted by atomic mass is 16.4. The third kappa shape index (κ3) is 23.3. The van der Waals surface area contributed by atoms with Gasteiger partial charge in [-0.25, -0.2) is 9.59 Å². The highest BCUT2D eigenvalue weighted by molar-refractivity contribution is 5.83. The molecule has 0 aliphatic carbocycles. The van der Waals surface area contributed by atoms with Crippen LogP contribution in [0.2, 0.25) is 0 Å². The number of hydrogen-bond donors (Lipinski definition) is 8. The van der Waals surface area contributed by atoms with Gasteiger partial charge in [-0.15, -0.1) is 0 Å². The predicted octanol–water partition coefficient (Wildman–Crippen LogP) is -1.98. The van der Waals surface area contributed by atoms with Gasteiger partial charge in [-0.3, -0.25) is 9.80 Å². The quantitative estimate of drug-likeness (QED) is 0.116. The molecule has 0 aliphatic heterocycles. The van der Waals surface area contributed by atoms with Crippen molar-refractivity contribution in [1.82, 2.24) is 9.80 Å². The zero-order chi connectivity index (χ0) is 25.4. The lowest BCUT2D eigenvalue weighted by Crippen LogP contribution is -2.39. The molecular weight excluding hydrogens is 428 g/mol. The van der Waals surface area contributed by atoms with Crippen LogP contribution in [0.3, 0.4) is 0 Å². The fourth-order valence-corrected chi connectivity index (χ4v) is 2.27. The van der Waals surface area contributed by atoms with E-state index in [1.54, 1.807) is 0 Å². The summed E-state index contributed by atoms with van der Waals surface area (Å²) in [5, 5.41) is 67.1. The van der Waals surface area contributed by atoms with E-state index < -0.39 is 24.1 Å². The van der Waals surface area contributed by atoms with Crippen molar-refractivity contribution < 1.29 is 50.4 Å². The SMILES string of the molecule is CCCCN(CCO)CCO.CCCCN(CCO)CCO.O=C(O)C(O)C(O)C(=O)O. The van der Waals surface area contributed by atoms with Gasteiger partial charge in [-0.05, 0) is 25.9 Å². The number of nitrogens with zero attached hydrogens (tertiary/aromatic N) is 2. The second kappa shape index (κ2) is 25.9. The van der Waals surface area contributed by atoms with Crippen LogP contribution in [-0.2, 0) is 9.59 Å². The van der Waals surface area contributed by atoms with Crippen molar-refractivity contribution in [3.8, 4) is 0 Å². The molecule has 0 saturated carbocycles. The normalized spacial score (nSPS) is 12.4. The van der Waals surface area contributed by atoms with E-state index >= 15 is 0 Å². The third-order valence-electron chi connectivity index (χ3n) is 4.13. The van der Waals surface area contributed by atoms with E-state index in [-0.39, 0.29) is 26.4 Å². The molecule has 2 unspecified atom stereocenters. The van der Waals surface area contributed by atoms with Crippen LogP contribution in [0.15, 0.2) is 0 Å². The second-order valence-electron chi connectivity index (χ2n) is 6.85. The largest absolute Gasteiger partial charge is 0.479 e. The summed E-state index contributed by atoms with van der Waals surface area (Å²) in [4.78, 5) is 23.7. The summed E-state index contributed by atoms with van der Waals surface area (Å²) in [5.74, 6) is -3.54. The van der Waals surface area contributed by atoms with E-state index in [9.17, 15) is 9.59 Å². The number of unbranched alkanes of at least 4 members (excludes halogenated alkanes) is 2. The Kier molecular flexibility index (Phi) is 28.5. The van der Waals surface area contributed by atoms with Gasteiger partial charge in [0, 0.05) is 26.2 Å². The Labute approximate surface area is 190 Å². The van der Waals surface area contributed by atoms with Crippen LogP contribution in [0.1, 0.15) is 39.5 Å². The van der Waals surface area contributed by atoms with Crippen molar-refractivity contribution >= 4 is 11.9 Å². The standard InChI is InChI=1S/2C8H19NO2.C4H6O6/c2*1-2-3-4-9(5-7-10)6-8-11;5-1(3(7)8)2(6)4(9)10/h2*10-11H,2-8H2,1H3;1-2,5-6H,(H,7,8)(H,9,10). The van der Waals surface area contributed by atoms with Gasteiger partial charge >= 0.3 is 11.9 Å². The molecule has 0 fully saturated rings. The molecule has 0 rings (SSSR count). The van der Waals surface area contributed by atoms with Gasteiger partial charge in [0.25, 0.3) is 0 Å². The molecule has 0 radical (unpaired) electrons. The third-order valence-corrected chi connectivity index (χ3v) is 4.13. The molecule has 0 aromatic rings. The van der Waals surface area contributed by atoms with Crippen LogP contribution in [0.4, 0.5) is 0 Å². The minimum atomic E-state index is -2.27. The molecule has 194 valence electrons. The van der Waals surface area contributed by atoms with Crippen molar-refractivity contribution in [3.63, 3.8) is 0 Å². The van der Waals surface area contributed by atoms with E-state index in [4.69, 9.17) is 40.9 Å². The van der Waals surface area contributed by atoms with Crippen LogP contribution in [0.25, 0.3) is 0 Å². The molecule has 8 N–H and O–H groups in total. The lowest BCUT2D eigenvalue weighted by Gasteiger charge is -2.19. The number of aliphatic hydroxyl groups excluding tert-OH is 6. The zero-order valence-corrected chi connectivity index (χ0v) is 19.3. The summed E-state index contributed by atoms with van der Waals surface area (Å²) in [5.41, 5.74) is 0. The Morgan fingerprint density at radius 2 is 0.844 bits per heavy atom. The molecule has 12 nitrogen and oxygen atoms in total. The van der Waals surface area contributed by atoms with E-state index in [0.717, 1.165) is 38.8 Å². The highest BCUT2D eigenvalue weighted by Gasteiger charge is 2.29. The molecular formula is C20H44N2O10. The number of carboxylic acid groups (broad SMARTS) is 2. The molecule has 0 aliphatic rings. The molecule has 0 aromatic heterocycles. The predicted molar refractivity (Wildman–Crippen MR) is 118 cm³/mol. The number of carboxylic acids is 2. The maximum absolute atomic E-state index is 9.77. The molecule has 32 heavy (non-hydrogen) atoms. The minimum absolute atomic E-state index is 0.184. The molecule has 0 saturated heterocycles. The molecule has 0 amide bonds. The van der Waals surface area contributed by atoms with E-state index in [1.165, 1.54) is 0 Å². The van der Waals surface area contributed by atoms with Crippen molar-refractivity contribution in [2.24, 2.45) is 0 Å². The Morgan fingerprint density at radius 3 is 1.00 bits per heavy atom. The van der Waals surface area contributed by atoms with Gasteiger partial charge in [0.15, 0.2) is 12.2 Å². The summed E-state index contributed by atoms with van der Waals surface area (Å²) in [6.45, 7) is 9.70. The van der Waals surface area contributed by atoms with Gasteiger partial charge in [-0.1, -0.05) is 26.7 Å². The minimum Gasteiger partial charge on any atom is -0.479 e. The lowest BCUT2D eigenvalue weighted by molar-refractivity contribution is -0.165. The smallest absolute Gasteiger partial charge is 0.335 e. The van der Waals surface area contributed by atoms with Crippen LogP contribution in [0, 0.1) is 0 Å². The monoisotopic (exact) mass is 472 g/mol. The topological polar surface area (TPSA) is 202 Å². The summed E-state index contributed by atoms with van der Waals surface area (Å²) in [7, 11) is 0. The summed E-state index contributed by atoms with van der Waals surface area (Å²) >= 11 is 0. The van der Waals surface area contributed by atoms with Crippen LogP contribution < -0.4 is 0 Å². The van der Waals surface area contributed by atoms with E-state index in [1.807, 2.05) is 0 Å². The molecule has 12 heteroatoms. The number of carbonyl (C=O) groups is 2. The molecule has 0 aromatic carbocycles. The maximum Gasteiger partial charge on any atom is 0.335 e. The Balaban J connectivity index is -0.000000395.